The van der Waals surface area contributed by atoms with Gasteiger partial charge < -0.3 is 29.6 Å². The second kappa shape index (κ2) is 12.0. The van der Waals surface area contributed by atoms with Gasteiger partial charge in [0.15, 0.2) is 0 Å². The SMILES string of the molecule is CNc1ccc(C(=O)N[C@@H](CCC2OC2[C@H](CCC(=O)OC)C(=O)OC)C(=O)OC)cc1. The van der Waals surface area contributed by atoms with Gasteiger partial charge in [0.2, 0.25) is 0 Å². The van der Waals surface area contributed by atoms with Gasteiger partial charge in [0.05, 0.1) is 39.5 Å². The Morgan fingerprint density at radius 1 is 0.969 bits per heavy atom. The number of anilines is 1. The molecule has 0 spiro atoms. The summed E-state index contributed by atoms with van der Waals surface area (Å²) in [5.74, 6) is -2.48. The summed E-state index contributed by atoms with van der Waals surface area (Å²) in [5, 5.41) is 5.65. The molecular formula is C22H30N2O8. The maximum atomic E-state index is 12.5. The Hall–Kier alpha value is -3.14. The zero-order chi connectivity index (χ0) is 23.7. The van der Waals surface area contributed by atoms with Crippen LogP contribution in [0.2, 0.25) is 0 Å². The Balaban J connectivity index is 1.94. The van der Waals surface area contributed by atoms with E-state index < -0.39 is 41.9 Å². The number of carbonyl (C=O) groups is 4. The van der Waals surface area contributed by atoms with Crippen LogP contribution in [0.4, 0.5) is 5.69 Å². The summed E-state index contributed by atoms with van der Waals surface area (Å²) in [6.07, 6.45) is 0.260. The van der Waals surface area contributed by atoms with Crippen LogP contribution in [0.3, 0.4) is 0 Å². The Bertz CT molecular complexity index is 811. The molecule has 0 radical (unpaired) electrons. The highest BCUT2D eigenvalue weighted by Gasteiger charge is 2.48. The molecule has 1 aromatic rings. The first-order valence-corrected chi connectivity index (χ1v) is 10.3. The summed E-state index contributed by atoms with van der Waals surface area (Å²) in [5.41, 5.74) is 1.27. The third kappa shape index (κ3) is 6.94. The van der Waals surface area contributed by atoms with Crippen LogP contribution >= 0.6 is 0 Å². The first-order chi connectivity index (χ1) is 15.3. The number of methoxy groups -OCH3 is 3. The van der Waals surface area contributed by atoms with Crippen molar-refractivity contribution in [1.29, 1.82) is 0 Å². The lowest BCUT2D eigenvalue weighted by atomic mass is 9.95. The van der Waals surface area contributed by atoms with E-state index in [-0.39, 0.29) is 25.4 Å². The maximum absolute atomic E-state index is 12.5. The van der Waals surface area contributed by atoms with Crippen LogP contribution in [0, 0.1) is 5.92 Å². The number of hydrogen-bond donors (Lipinski definition) is 2. The number of hydrogen-bond acceptors (Lipinski definition) is 9. The standard InChI is InChI=1S/C22H30N2O8/c1-23-14-7-5-13(6-8-14)20(26)24-16(22(28)31-4)10-11-17-19(32-17)15(21(27)30-3)9-12-18(25)29-2/h5-8,15-17,19,23H,9-12H2,1-4H3,(H,24,26)/t15-,16-,17?,19?/m0/s1. The van der Waals surface area contributed by atoms with Gasteiger partial charge in [-0.1, -0.05) is 0 Å². The fourth-order valence-corrected chi connectivity index (χ4v) is 3.44. The van der Waals surface area contributed by atoms with Crippen LogP contribution in [0.1, 0.15) is 36.0 Å². The minimum absolute atomic E-state index is 0.0655. The summed E-state index contributed by atoms with van der Waals surface area (Å²) in [6, 6.07) is 5.95. The number of carbonyl (C=O) groups excluding carboxylic acids is 4. The van der Waals surface area contributed by atoms with Crippen LogP contribution in [0.5, 0.6) is 0 Å². The molecule has 1 aliphatic heterocycles. The molecule has 4 atom stereocenters. The Labute approximate surface area is 186 Å². The van der Waals surface area contributed by atoms with Crippen molar-refractivity contribution in [3.05, 3.63) is 29.8 Å². The van der Waals surface area contributed by atoms with E-state index in [1.807, 2.05) is 0 Å². The lowest BCUT2D eigenvalue weighted by molar-refractivity contribution is -0.147. The van der Waals surface area contributed by atoms with E-state index in [9.17, 15) is 19.2 Å². The largest absolute Gasteiger partial charge is 0.469 e. The zero-order valence-electron chi connectivity index (χ0n) is 18.7. The number of epoxide rings is 1. The van der Waals surface area contributed by atoms with Crippen molar-refractivity contribution in [3.8, 4) is 0 Å². The van der Waals surface area contributed by atoms with Crippen molar-refractivity contribution in [2.75, 3.05) is 33.7 Å². The monoisotopic (exact) mass is 450 g/mol. The smallest absolute Gasteiger partial charge is 0.328 e. The first-order valence-electron chi connectivity index (χ1n) is 10.3. The minimum atomic E-state index is -0.868. The number of nitrogens with one attached hydrogen (secondary N) is 2. The molecule has 32 heavy (non-hydrogen) atoms. The lowest BCUT2D eigenvalue weighted by Gasteiger charge is -2.16. The number of ether oxygens (including phenoxy) is 4. The van der Waals surface area contributed by atoms with Gasteiger partial charge in [-0.25, -0.2) is 4.79 Å². The Morgan fingerprint density at radius 3 is 2.19 bits per heavy atom. The van der Waals surface area contributed by atoms with Crippen molar-refractivity contribution in [1.82, 2.24) is 5.32 Å². The second-order valence-corrected chi connectivity index (χ2v) is 7.34. The highest BCUT2D eigenvalue weighted by molar-refractivity contribution is 5.97. The van der Waals surface area contributed by atoms with E-state index in [4.69, 9.17) is 14.2 Å². The fraction of sp³-hybridized carbons (Fsp3) is 0.545. The predicted molar refractivity (Wildman–Crippen MR) is 114 cm³/mol. The van der Waals surface area contributed by atoms with E-state index in [1.165, 1.54) is 21.3 Å². The van der Waals surface area contributed by atoms with Gasteiger partial charge in [0.1, 0.15) is 6.04 Å². The molecule has 10 heteroatoms. The van der Waals surface area contributed by atoms with Crippen LogP contribution < -0.4 is 10.6 Å². The molecule has 0 aromatic heterocycles. The van der Waals surface area contributed by atoms with Crippen molar-refractivity contribution >= 4 is 29.5 Å². The highest BCUT2D eigenvalue weighted by Crippen LogP contribution is 2.36. The van der Waals surface area contributed by atoms with Crippen molar-refractivity contribution in [2.24, 2.45) is 5.92 Å². The average molecular weight is 450 g/mol. The number of esters is 3. The summed E-state index contributed by atoms with van der Waals surface area (Å²) >= 11 is 0. The molecule has 1 fully saturated rings. The van der Waals surface area contributed by atoms with Crippen LogP contribution in [0.15, 0.2) is 24.3 Å². The third-order valence-corrected chi connectivity index (χ3v) is 5.38. The molecule has 1 aliphatic rings. The van der Waals surface area contributed by atoms with E-state index >= 15 is 0 Å². The van der Waals surface area contributed by atoms with Crippen molar-refractivity contribution in [2.45, 2.75) is 43.9 Å². The maximum Gasteiger partial charge on any atom is 0.328 e. The summed E-state index contributed by atoms with van der Waals surface area (Å²) in [4.78, 5) is 48.2. The minimum Gasteiger partial charge on any atom is -0.469 e. The molecule has 10 nitrogen and oxygen atoms in total. The van der Waals surface area contributed by atoms with Crippen LogP contribution in [0.25, 0.3) is 0 Å². The molecule has 0 saturated carbocycles. The first kappa shape index (κ1) is 25.1. The molecule has 2 N–H and O–H groups in total. The number of rotatable bonds is 12. The van der Waals surface area contributed by atoms with E-state index in [0.717, 1.165) is 5.69 Å². The van der Waals surface area contributed by atoms with E-state index in [1.54, 1.807) is 31.3 Å². The number of benzene rings is 1. The molecular weight excluding hydrogens is 420 g/mol. The van der Waals surface area contributed by atoms with Gasteiger partial charge in [-0.05, 0) is 43.5 Å². The molecule has 1 aromatic carbocycles. The van der Waals surface area contributed by atoms with Crippen molar-refractivity contribution < 1.29 is 38.1 Å². The number of amides is 1. The molecule has 1 amide bonds. The van der Waals surface area contributed by atoms with Gasteiger partial charge in [-0.3, -0.25) is 14.4 Å². The van der Waals surface area contributed by atoms with Crippen LogP contribution in [-0.4, -0.2) is 70.4 Å². The molecule has 2 rings (SSSR count). The average Bonchev–Trinajstić information content (AvgIpc) is 3.59. The van der Waals surface area contributed by atoms with Crippen molar-refractivity contribution in [3.63, 3.8) is 0 Å². The van der Waals surface area contributed by atoms with Gasteiger partial charge >= 0.3 is 17.9 Å². The predicted octanol–water partition coefficient (Wildman–Crippen LogP) is 1.29. The zero-order valence-corrected chi connectivity index (χ0v) is 18.7. The second-order valence-electron chi connectivity index (χ2n) is 7.34. The highest BCUT2D eigenvalue weighted by atomic mass is 16.6. The van der Waals surface area contributed by atoms with Crippen LogP contribution in [-0.2, 0) is 33.3 Å². The molecule has 1 saturated heterocycles. The van der Waals surface area contributed by atoms with Gasteiger partial charge in [0, 0.05) is 24.7 Å². The van der Waals surface area contributed by atoms with Gasteiger partial charge in [-0.15, -0.1) is 0 Å². The fourth-order valence-electron chi connectivity index (χ4n) is 3.44. The molecule has 0 bridgehead atoms. The molecule has 0 aliphatic carbocycles. The lowest BCUT2D eigenvalue weighted by Crippen LogP contribution is -2.41. The molecule has 2 unspecified atom stereocenters. The Morgan fingerprint density at radius 2 is 1.62 bits per heavy atom. The molecule has 1 heterocycles. The van der Waals surface area contributed by atoms with E-state index in [2.05, 4.69) is 15.4 Å². The van der Waals surface area contributed by atoms with Gasteiger partial charge in [0.25, 0.3) is 5.91 Å². The normalized spacial score (nSPS) is 18.6. The third-order valence-electron chi connectivity index (χ3n) is 5.38. The topological polar surface area (TPSA) is 133 Å². The summed E-state index contributed by atoms with van der Waals surface area (Å²) in [7, 11) is 5.58. The summed E-state index contributed by atoms with van der Waals surface area (Å²) < 4.78 is 19.9. The van der Waals surface area contributed by atoms with E-state index in [0.29, 0.717) is 12.0 Å². The molecule has 176 valence electrons. The Kier molecular flexibility index (Phi) is 9.45. The quantitative estimate of drug-likeness (QED) is 0.274. The summed E-state index contributed by atoms with van der Waals surface area (Å²) in [6.45, 7) is 0. The van der Waals surface area contributed by atoms with Gasteiger partial charge in [-0.2, -0.15) is 0 Å².